The molecule has 1 heterocycles. The van der Waals surface area contributed by atoms with Crippen LogP contribution in [-0.4, -0.2) is 34.7 Å². The molecule has 8 heteroatoms. The summed E-state index contributed by atoms with van der Waals surface area (Å²) in [6, 6.07) is 8.08. The highest BCUT2D eigenvalue weighted by Crippen LogP contribution is 2.38. The van der Waals surface area contributed by atoms with E-state index in [9.17, 15) is 13.2 Å². The van der Waals surface area contributed by atoms with E-state index in [1.165, 1.54) is 26.4 Å². The minimum Gasteiger partial charge on any atom is -0.493 e. The number of methoxy groups -OCH3 is 2. The van der Waals surface area contributed by atoms with Crippen molar-refractivity contribution in [2.45, 2.75) is 6.92 Å². The van der Waals surface area contributed by atoms with Crippen LogP contribution in [0.25, 0.3) is 6.08 Å². The summed E-state index contributed by atoms with van der Waals surface area (Å²) in [7, 11) is -0.623. The Kier molecular flexibility index (Phi) is 4.84. The molecule has 0 saturated heterocycles. The number of aryl methyl sites for hydroxylation is 1. The van der Waals surface area contributed by atoms with Crippen LogP contribution >= 0.6 is 0 Å². The van der Waals surface area contributed by atoms with E-state index in [1.54, 1.807) is 31.2 Å². The van der Waals surface area contributed by atoms with E-state index in [4.69, 9.17) is 18.4 Å². The lowest BCUT2D eigenvalue weighted by Gasteiger charge is -2.08. The maximum Gasteiger partial charge on any atom is 0.306 e. The molecule has 0 bridgehead atoms. The maximum atomic E-state index is 12.7. The zero-order valence-electron chi connectivity index (χ0n) is 15.2. The summed E-state index contributed by atoms with van der Waals surface area (Å²) in [6.45, 7) is 1.69. The first-order valence-corrected chi connectivity index (χ1v) is 9.74. The van der Waals surface area contributed by atoms with Gasteiger partial charge in [0.1, 0.15) is 11.5 Å². The number of benzene rings is 2. The molecule has 0 atom stereocenters. The van der Waals surface area contributed by atoms with Gasteiger partial charge in [0.25, 0.3) is 0 Å². The maximum absolute atomic E-state index is 12.7. The molecule has 0 aromatic heterocycles. The molecule has 1 aliphatic rings. The predicted octanol–water partition coefficient (Wildman–Crippen LogP) is 2.97. The lowest BCUT2D eigenvalue weighted by Crippen LogP contribution is -2.06. The summed E-state index contributed by atoms with van der Waals surface area (Å²) in [5.41, 5.74) is 1.63. The van der Waals surface area contributed by atoms with Crippen LogP contribution in [0.2, 0.25) is 0 Å². The van der Waals surface area contributed by atoms with Crippen LogP contribution in [0.4, 0.5) is 0 Å². The number of fused-ring (bicyclic) bond motifs is 1. The number of ether oxygens (including phenoxy) is 3. The molecule has 0 fully saturated rings. The van der Waals surface area contributed by atoms with Crippen molar-refractivity contribution in [2.24, 2.45) is 0 Å². The van der Waals surface area contributed by atoms with Crippen LogP contribution in [0.15, 0.2) is 36.1 Å². The van der Waals surface area contributed by atoms with Crippen molar-refractivity contribution in [3.8, 4) is 23.0 Å². The van der Waals surface area contributed by atoms with Crippen LogP contribution in [0.3, 0.4) is 0 Å². The minimum atomic E-state index is -3.68. The monoisotopic (exact) mass is 390 g/mol. The first-order chi connectivity index (χ1) is 12.7. The Morgan fingerprint density at radius 1 is 1.04 bits per heavy atom. The van der Waals surface area contributed by atoms with Crippen molar-refractivity contribution in [1.29, 1.82) is 0 Å². The fraction of sp³-hybridized carbons (Fsp3) is 0.211. The number of ketones is 1. The smallest absolute Gasteiger partial charge is 0.306 e. The predicted molar refractivity (Wildman–Crippen MR) is 99.1 cm³/mol. The molecule has 0 unspecified atom stereocenters. The van der Waals surface area contributed by atoms with E-state index in [1.807, 2.05) is 0 Å². The summed E-state index contributed by atoms with van der Waals surface area (Å²) < 4.78 is 43.7. The zero-order chi connectivity index (χ0) is 19.8. The molecular weight excluding hydrogens is 372 g/mol. The number of allylic oxidation sites excluding steroid dienone is 1. The fourth-order valence-electron chi connectivity index (χ4n) is 2.79. The Hall–Kier alpha value is -3.00. The Balaban J connectivity index is 1.97. The van der Waals surface area contributed by atoms with Crippen LogP contribution in [0.5, 0.6) is 23.0 Å². The molecule has 3 rings (SSSR count). The Morgan fingerprint density at radius 3 is 2.37 bits per heavy atom. The number of hydrogen-bond acceptors (Lipinski definition) is 7. The van der Waals surface area contributed by atoms with Gasteiger partial charge in [0.2, 0.25) is 5.78 Å². The van der Waals surface area contributed by atoms with Crippen molar-refractivity contribution in [2.75, 3.05) is 20.5 Å². The highest BCUT2D eigenvalue weighted by atomic mass is 32.2. The average molecular weight is 390 g/mol. The minimum absolute atomic E-state index is 0.0916. The number of rotatable bonds is 5. The van der Waals surface area contributed by atoms with Gasteiger partial charge in [0.05, 0.1) is 26.0 Å². The second kappa shape index (κ2) is 6.96. The number of carbonyl (C=O) groups excluding carboxylic acids is 1. The van der Waals surface area contributed by atoms with Gasteiger partial charge in [0.15, 0.2) is 17.3 Å². The first-order valence-electron chi connectivity index (χ1n) is 7.92. The third-order valence-electron chi connectivity index (χ3n) is 3.90. The largest absolute Gasteiger partial charge is 0.493 e. The molecule has 142 valence electrons. The summed E-state index contributed by atoms with van der Waals surface area (Å²) in [5, 5.41) is 0. The average Bonchev–Trinajstić information content (AvgIpc) is 2.89. The van der Waals surface area contributed by atoms with Crippen molar-refractivity contribution in [3.63, 3.8) is 0 Å². The van der Waals surface area contributed by atoms with Crippen molar-refractivity contribution < 1.29 is 31.6 Å². The molecule has 7 nitrogen and oxygen atoms in total. The summed E-state index contributed by atoms with van der Waals surface area (Å²) in [5.74, 6) is 1.27. The summed E-state index contributed by atoms with van der Waals surface area (Å²) in [6.07, 6.45) is 2.53. The quantitative estimate of drug-likeness (QED) is 0.573. The Bertz CT molecular complexity index is 1050. The lowest BCUT2D eigenvalue weighted by atomic mass is 10.0. The zero-order valence-corrected chi connectivity index (χ0v) is 16.0. The van der Waals surface area contributed by atoms with E-state index in [2.05, 4.69) is 0 Å². The van der Waals surface area contributed by atoms with E-state index in [0.717, 1.165) is 6.26 Å². The number of carbonyl (C=O) groups is 1. The molecule has 0 spiro atoms. The second-order valence-electron chi connectivity index (χ2n) is 5.95. The Morgan fingerprint density at radius 2 is 1.74 bits per heavy atom. The van der Waals surface area contributed by atoms with Crippen molar-refractivity contribution in [1.82, 2.24) is 0 Å². The molecular formula is C19H18O7S. The topological polar surface area (TPSA) is 88.1 Å². The van der Waals surface area contributed by atoms with Gasteiger partial charge in [-0.15, -0.1) is 0 Å². The highest BCUT2D eigenvalue weighted by molar-refractivity contribution is 7.86. The molecule has 2 aromatic rings. The number of hydrogen-bond donors (Lipinski definition) is 0. The van der Waals surface area contributed by atoms with Gasteiger partial charge >= 0.3 is 10.1 Å². The summed E-state index contributed by atoms with van der Waals surface area (Å²) >= 11 is 0. The van der Waals surface area contributed by atoms with Crippen LogP contribution in [0, 0.1) is 6.92 Å². The van der Waals surface area contributed by atoms with Gasteiger partial charge in [-0.05, 0) is 42.3 Å². The van der Waals surface area contributed by atoms with Gasteiger partial charge < -0.3 is 18.4 Å². The van der Waals surface area contributed by atoms with E-state index in [0.29, 0.717) is 28.2 Å². The van der Waals surface area contributed by atoms with E-state index in [-0.39, 0.29) is 23.0 Å². The van der Waals surface area contributed by atoms with Gasteiger partial charge in [-0.25, -0.2) is 0 Å². The Labute approximate surface area is 157 Å². The normalized spacial score (nSPS) is 14.7. The lowest BCUT2D eigenvalue weighted by molar-refractivity contribution is 0.101. The molecule has 0 amide bonds. The van der Waals surface area contributed by atoms with Crippen molar-refractivity contribution >= 4 is 22.0 Å². The van der Waals surface area contributed by atoms with Crippen molar-refractivity contribution in [3.05, 3.63) is 52.8 Å². The van der Waals surface area contributed by atoms with E-state index < -0.39 is 10.1 Å². The molecule has 2 aromatic carbocycles. The number of Topliss-reactive ketones (excluding diaryl/α,β-unsaturated/α-hetero) is 1. The second-order valence-corrected chi connectivity index (χ2v) is 7.53. The molecule has 0 saturated carbocycles. The standard InChI is InChI=1S/C19H18O7S/c1-11-7-13(26-27(4,21)22)10-16-18(11)19(20)17(25-16)9-12-5-6-14(23-2)15(8-12)24-3/h5-10H,1-4H3. The van der Waals surface area contributed by atoms with Gasteiger partial charge in [-0.1, -0.05) is 6.07 Å². The summed E-state index contributed by atoms with van der Waals surface area (Å²) in [4.78, 5) is 12.7. The third-order valence-corrected chi connectivity index (χ3v) is 4.39. The molecule has 0 aliphatic carbocycles. The van der Waals surface area contributed by atoms with Gasteiger partial charge in [0, 0.05) is 6.07 Å². The molecule has 0 radical (unpaired) electrons. The van der Waals surface area contributed by atoms with E-state index >= 15 is 0 Å². The molecule has 1 aliphatic heterocycles. The highest BCUT2D eigenvalue weighted by Gasteiger charge is 2.30. The molecule has 0 N–H and O–H groups in total. The molecule has 27 heavy (non-hydrogen) atoms. The van der Waals surface area contributed by atoms with Gasteiger partial charge in [-0.3, -0.25) is 4.79 Å². The fourth-order valence-corrected chi connectivity index (χ4v) is 3.24. The van der Waals surface area contributed by atoms with Gasteiger partial charge in [-0.2, -0.15) is 8.42 Å². The van der Waals surface area contributed by atoms with Crippen LogP contribution in [0.1, 0.15) is 21.5 Å². The first kappa shape index (κ1) is 18.8. The van der Waals surface area contributed by atoms with Crippen LogP contribution < -0.4 is 18.4 Å². The third kappa shape index (κ3) is 3.90. The SMILES string of the molecule is COc1ccc(C=C2Oc3cc(OS(C)(=O)=O)cc(C)c3C2=O)cc1OC. The van der Waals surface area contributed by atoms with Crippen LogP contribution in [-0.2, 0) is 10.1 Å².